The Kier molecular flexibility index (Phi) is 58.0. The predicted octanol–water partition coefficient (Wildman–Crippen LogP) is 19.6. The van der Waals surface area contributed by atoms with Gasteiger partial charge >= 0.3 is 5.97 Å². The van der Waals surface area contributed by atoms with E-state index in [1.807, 2.05) is 0 Å². The van der Waals surface area contributed by atoms with Crippen molar-refractivity contribution in [1.29, 1.82) is 0 Å². The average Bonchev–Trinajstić information content (AvgIpc) is 3.35. The Labute approximate surface area is 431 Å². The van der Waals surface area contributed by atoms with Crippen LogP contribution in [-0.4, -0.2) is 47.4 Å². The fourth-order valence-corrected chi connectivity index (χ4v) is 9.99. The lowest BCUT2D eigenvalue weighted by atomic mass is 10.0. The van der Waals surface area contributed by atoms with Gasteiger partial charge in [-0.3, -0.25) is 9.59 Å². The summed E-state index contributed by atoms with van der Waals surface area (Å²) in [5, 5.41) is 23.4. The van der Waals surface area contributed by atoms with Crippen LogP contribution in [0.3, 0.4) is 0 Å². The van der Waals surface area contributed by atoms with Gasteiger partial charge in [0.05, 0.1) is 25.4 Å². The monoisotopic (exact) mass is 974 g/mol. The zero-order valence-corrected chi connectivity index (χ0v) is 46.8. The predicted molar refractivity (Wildman–Crippen MR) is 301 cm³/mol. The number of unbranched alkanes of at least 4 members (excludes halogenated alkanes) is 46. The highest BCUT2D eigenvalue weighted by Gasteiger charge is 2.20. The number of nitrogens with one attached hydrogen (secondary N) is 1. The van der Waals surface area contributed by atoms with Crippen molar-refractivity contribution >= 4 is 11.9 Å². The van der Waals surface area contributed by atoms with Crippen LogP contribution in [0, 0.1) is 0 Å². The second-order valence-corrected chi connectivity index (χ2v) is 21.7. The molecule has 0 aromatic carbocycles. The number of esters is 1. The smallest absolute Gasteiger partial charge is 0.305 e. The van der Waals surface area contributed by atoms with Gasteiger partial charge in [-0.25, -0.2) is 0 Å². The van der Waals surface area contributed by atoms with Gasteiger partial charge in [0.2, 0.25) is 5.91 Å². The lowest BCUT2D eigenvalue weighted by molar-refractivity contribution is -0.143. The summed E-state index contributed by atoms with van der Waals surface area (Å²) in [4.78, 5) is 24.6. The number of rotatable bonds is 59. The van der Waals surface area contributed by atoms with Crippen LogP contribution in [-0.2, 0) is 14.3 Å². The Morgan fingerprint density at radius 1 is 0.391 bits per heavy atom. The highest BCUT2D eigenvalue weighted by Crippen LogP contribution is 2.18. The molecule has 0 aliphatic heterocycles. The van der Waals surface area contributed by atoms with Gasteiger partial charge in [0.1, 0.15) is 0 Å². The minimum atomic E-state index is -0.668. The molecule has 0 aromatic heterocycles. The van der Waals surface area contributed by atoms with Crippen molar-refractivity contribution in [3.8, 4) is 0 Å². The molecule has 0 aliphatic rings. The lowest BCUT2D eigenvalue weighted by Gasteiger charge is -2.22. The molecule has 0 bridgehead atoms. The van der Waals surface area contributed by atoms with E-state index in [4.69, 9.17) is 4.74 Å². The molecule has 0 saturated heterocycles. The number of hydrogen-bond acceptors (Lipinski definition) is 5. The summed E-state index contributed by atoms with van der Waals surface area (Å²) >= 11 is 0. The molecule has 3 N–H and O–H groups in total. The lowest BCUT2D eigenvalue weighted by Crippen LogP contribution is -2.45. The van der Waals surface area contributed by atoms with Gasteiger partial charge in [-0.1, -0.05) is 302 Å². The van der Waals surface area contributed by atoms with Crippen LogP contribution >= 0.6 is 0 Å². The number of allylic oxidation sites excluding steroid dienone is 2. The molecule has 410 valence electrons. The first kappa shape index (κ1) is 67.6. The van der Waals surface area contributed by atoms with Gasteiger partial charge in [0.25, 0.3) is 0 Å². The van der Waals surface area contributed by atoms with Crippen molar-refractivity contribution in [1.82, 2.24) is 5.32 Å². The van der Waals surface area contributed by atoms with Gasteiger partial charge in [-0.2, -0.15) is 0 Å². The maximum absolute atomic E-state index is 12.5. The van der Waals surface area contributed by atoms with Crippen molar-refractivity contribution in [3.05, 3.63) is 12.2 Å². The highest BCUT2D eigenvalue weighted by molar-refractivity contribution is 5.76. The van der Waals surface area contributed by atoms with Crippen LogP contribution in [0.2, 0.25) is 0 Å². The minimum Gasteiger partial charge on any atom is -0.466 e. The number of aliphatic hydroxyl groups excluding tert-OH is 2. The number of hydrogen-bond donors (Lipinski definition) is 3. The maximum atomic E-state index is 12.5. The third-order valence-corrected chi connectivity index (χ3v) is 14.8. The summed E-state index contributed by atoms with van der Waals surface area (Å²) in [6.45, 7) is 4.95. The number of carbonyl (C=O) groups excluding carboxylic acids is 2. The van der Waals surface area contributed by atoms with Crippen LogP contribution in [0.1, 0.15) is 354 Å². The van der Waals surface area contributed by atoms with E-state index in [1.54, 1.807) is 0 Å². The minimum absolute atomic E-state index is 0.00280. The molecule has 0 heterocycles. The third kappa shape index (κ3) is 55.8. The van der Waals surface area contributed by atoms with E-state index in [2.05, 4.69) is 31.3 Å². The Balaban J connectivity index is 3.41. The zero-order valence-electron chi connectivity index (χ0n) is 46.8. The number of amides is 1. The maximum Gasteiger partial charge on any atom is 0.305 e. The van der Waals surface area contributed by atoms with Gasteiger partial charge in [0, 0.05) is 12.8 Å². The largest absolute Gasteiger partial charge is 0.466 e. The SMILES string of the molecule is CCCCCC/C=C\CCCCCCCC(=O)OCCCCCCCCCCCCCCCCCCCC(=O)NC(CO)C(O)CCCCCCCCCCCCCCCCCCCCCCCC. The van der Waals surface area contributed by atoms with Gasteiger partial charge in [0.15, 0.2) is 0 Å². The summed E-state index contributed by atoms with van der Waals surface area (Å²) in [6.07, 6.45) is 70.7. The highest BCUT2D eigenvalue weighted by atomic mass is 16.5. The second kappa shape index (κ2) is 59.2. The van der Waals surface area contributed by atoms with E-state index in [9.17, 15) is 19.8 Å². The molecule has 6 heteroatoms. The number of ether oxygens (including phenoxy) is 1. The van der Waals surface area contributed by atoms with Crippen LogP contribution in [0.5, 0.6) is 0 Å². The van der Waals surface area contributed by atoms with Gasteiger partial charge < -0.3 is 20.3 Å². The Morgan fingerprint density at radius 2 is 0.681 bits per heavy atom. The molecular formula is C63H123NO5. The molecule has 0 rings (SSSR count). The third-order valence-electron chi connectivity index (χ3n) is 14.8. The fraction of sp³-hybridized carbons (Fsp3) is 0.937. The summed E-state index contributed by atoms with van der Waals surface area (Å²) in [6, 6.07) is -0.546. The molecule has 2 unspecified atom stereocenters. The van der Waals surface area contributed by atoms with E-state index < -0.39 is 12.1 Å². The first-order valence-corrected chi connectivity index (χ1v) is 31.4. The van der Waals surface area contributed by atoms with Gasteiger partial charge in [-0.05, 0) is 51.4 Å². The average molecular weight is 975 g/mol. The molecular weight excluding hydrogens is 851 g/mol. The van der Waals surface area contributed by atoms with Crippen LogP contribution in [0.15, 0.2) is 12.2 Å². The molecule has 0 radical (unpaired) electrons. The van der Waals surface area contributed by atoms with Crippen molar-refractivity contribution in [2.24, 2.45) is 0 Å². The summed E-state index contributed by atoms with van der Waals surface area (Å²) in [5.41, 5.74) is 0. The molecule has 0 aromatic rings. The molecule has 2 atom stereocenters. The molecule has 0 aliphatic carbocycles. The van der Waals surface area contributed by atoms with E-state index in [1.165, 1.54) is 276 Å². The standard InChI is InChI=1S/C63H123NO5/c1-3-5-7-9-11-13-15-17-18-19-20-21-22-23-25-28-32-35-39-43-47-51-55-61(66)60(59-65)64-62(67)56-52-48-44-40-36-33-29-26-24-27-30-34-38-42-46-50-54-58-69-63(68)57-53-49-45-41-37-31-16-14-12-10-8-6-4-2/h14,16,60-61,65-66H,3-13,15,17-59H2,1-2H3,(H,64,67)/b16-14-. The van der Waals surface area contributed by atoms with Crippen LogP contribution in [0.4, 0.5) is 0 Å². The van der Waals surface area contributed by atoms with Crippen LogP contribution in [0.25, 0.3) is 0 Å². The summed E-state index contributed by atoms with van der Waals surface area (Å²) < 4.78 is 5.47. The van der Waals surface area contributed by atoms with E-state index in [0.717, 1.165) is 44.9 Å². The topological polar surface area (TPSA) is 95.9 Å². The molecule has 6 nitrogen and oxygen atoms in total. The van der Waals surface area contributed by atoms with Crippen molar-refractivity contribution in [2.75, 3.05) is 13.2 Å². The second-order valence-electron chi connectivity index (χ2n) is 21.7. The number of carbonyl (C=O) groups is 2. The van der Waals surface area contributed by atoms with E-state index in [0.29, 0.717) is 25.9 Å². The Bertz CT molecular complexity index is 1030. The van der Waals surface area contributed by atoms with Crippen molar-refractivity contribution in [3.63, 3.8) is 0 Å². The Hall–Kier alpha value is -1.40. The summed E-state index contributed by atoms with van der Waals surface area (Å²) in [5.74, 6) is -0.0391. The van der Waals surface area contributed by atoms with Crippen molar-refractivity contribution in [2.45, 2.75) is 366 Å². The first-order valence-electron chi connectivity index (χ1n) is 31.4. The zero-order chi connectivity index (χ0) is 50.0. The molecule has 0 fully saturated rings. The first-order chi connectivity index (χ1) is 34.0. The summed E-state index contributed by atoms with van der Waals surface area (Å²) in [7, 11) is 0. The van der Waals surface area contributed by atoms with Crippen LogP contribution < -0.4 is 5.32 Å². The fourth-order valence-electron chi connectivity index (χ4n) is 9.99. The Morgan fingerprint density at radius 3 is 1.04 bits per heavy atom. The molecule has 1 amide bonds. The molecule has 0 spiro atoms. The normalized spacial score (nSPS) is 12.6. The molecule has 0 saturated carbocycles. The number of aliphatic hydroxyl groups is 2. The van der Waals surface area contributed by atoms with E-state index in [-0.39, 0.29) is 18.5 Å². The van der Waals surface area contributed by atoms with Gasteiger partial charge in [-0.15, -0.1) is 0 Å². The van der Waals surface area contributed by atoms with E-state index >= 15 is 0 Å². The van der Waals surface area contributed by atoms with Crippen molar-refractivity contribution < 1.29 is 24.5 Å². The quantitative estimate of drug-likeness (QED) is 0.0321. The molecule has 69 heavy (non-hydrogen) atoms.